The number of nitrogens with zero attached hydrogens (tertiary/aromatic N) is 1. The fraction of sp³-hybridized carbons (Fsp3) is 0.0323. The van der Waals surface area contributed by atoms with Gasteiger partial charge in [0.2, 0.25) is 0 Å². The van der Waals surface area contributed by atoms with Gasteiger partial charge >= 0.3 is 0 Å². The zero-order valence-corrected chi connectivity index (χ0v) is 18.5. The van der Waals surface area contributed by atoms with Gasteiger partial charge in [-0.1, -0.05) is 73.3 Å². The average Bonchev–Trinajstić information content (AvgIpc) is 3.38. The smallest absolute Gasteiger partial charge is 0.135 e. The topological polar surface area (TPSA) is 18.1 Å². The van der Waals surface area contributed by atoms with Crippen LogP contribution in [0.1, 0.15) is 6.92 Å². The molecule has 6 aromatic rings. The summed E-state index contributed by atoms with van der Waals surface area (Å²) in [5, 5.41) is 4.74. The van der Waals surface area contributed by atoms with Crippen LogP contribution in [0.25, 0.3) is 61.7 Å². The molecule has 0 aliphatic carbocycles. The van der Waals surface area contributed by atoms with Gasteiger partial charge in [-0.2, -0.15) is 0 Å². The van der Waals surface area contributed by atoms with Crippen molar-refractivity contribution in [1.29, 1.82) is 0 Å². The van der Waals surface area contributed by atoms with Gasteiger partial charge < -0.3 is 8.98 Å². The Balaban J connectivity index is 1.63. The lowest BCUT2D eigenvalue weighted by Gasteiger charge is -2.09. The molecule has 0 aliphatic rings. The lowest BCUT2D eigenvalue weighted by atomic mass is 10.0. The van der Waals surface area contributed by atoms with Crippen molar-refractivity contribution in [2.45, 2.75) is 6.92 Å². The van der Waals surface area contributed by atoms with Crippen LogP contribution in [0.4, 0.5) is 0 Å². The van der Waals surface area contributed by atoms with Crippen molar-refractivity contribution in [3.63, 3.8) is 0 Å². The van der Waals surface area contributed by atoms with Gasteiger partial charge in [0, 0.05) is 27.1 Å². The molecule has 2 nitrogen and oxygen atoms in total. The number of rotatable bonds is 3. The van der Waals surface area contributed by atoms with Crippen molar-refractivity contribution >= 4 is 44.9 Å². The zero-order chi connectivity index (χ0) is 22.4. The van der Waals surface area contributed by atoms with Crippen LogP contribution in [0, 0.1) is 0 Å². The summed E-state index contributed by atoms with van der Waals surface area (Å²) in [5.74, 6) is 0. The van der Waals surface area contributed by atoms with Crippen LogP contribution in [0.3, 0.4) is 0 Å². The number of hydrogen-bond donors (Lipinski definition) is 0. The van der Waals surface area contributed by atoms with E-state index >= 15 is 0 Å². The molecule has 0 saturated heterocycles. The normalized spacial score (nSPS) is 12.9. The molecule has 158 valence electrons. The molecule has 0 aliphatic heterocycles. The molecule has 0 saturated carbocycles. The van der Waals surface area contributed by atoms with Crippen LogP contribution in [-0.4, -0.2) is 4.57 Å². The minimum Gasteiger partial charge on any atom is -0.456 e. The van der Waals surface area contributed by atoms with E-state index in [1.165, 1.54) is 38.6 Å². The summed E-state index contributed by atoms with van der Waals surface area (Å²) in [5.41, 5.74) is 7.67. The van der Waals surface area contributed by atoms with E-state index < -0.39 is 0 Å². The van der Waals surface area contributed by atoms with Crippen LogP contribution in [0.5, 0.6) is 0 Å². The van der Waals surface area contributed by atoms with Crippen molar-refractivity contribution in [3.05, 3.63) is 114 Å². The lowest BCUT2D eigenvalue weighted by molar-refractivity contribution is 0.575. The third kappa shape index (κ3) is 3.03. The van der Waals surface area contributed by atoms with Gasteiger partial charge in [0.15, 0.2) is 0 Å². The lowest BCUT2D eigenvalue weighted by Crippen LogP contribution is -2.18. The molecular weight excluding hydrogens is 402 g/mol. The molecule has 0 spiro atoms. The first-order valence-corrected chi connectivity index (χ1v) is 11.2. The molecule has 6 rings (SSSR count). The second kappa shape index (κ2) is 7.68. The van der Waals surface area contributed by atoms with Crippen LogP contribution in [0.2, 0.25) is 0 Å². The summed E-state index contributed by atoms with van der Waals surface area (Å²) in [4.78, 5) is 0. The van der Waals surface area contributed by atoms with Crippen molar-refractivity contribution in [3.8, 4) is 16.8 Å². The highest BCUT2D eigenvalue weighted by Crippen LogP contribution is 2.35. The van der Waals surface area contributed by atoms with E-state index in [0.717, 1.165) is 21.6 Å². The first-order chi connectivity index (χ1) is 16.3. The number of para-hydroxylation sites is 2. The zero-order valence-electron chi connectivity index (χ0n) is 18.5. The maximum atomic E-state index is 6.05. The van der Waals surface area contributed by atoms with Crippen molar-refractivity contribution in [1.82, 2.24) is 4.57 Å². The molecule has 2 heterocycles. The maximum absolute atomic E-state index is 6.05. The summed E-state index contributed by atoms with van der Waals surface area (Å²) in [7, 11) is 0. The Hall–Kier alpha value is -4.30. The van der Waals surface area contributed by atoms with Gasteiger partial charge in [0.1, 0.15) is 11.0 Å². The molecule has 0 N–H and O–H groups in total. The van der Waals surface area contributed by atoms with E-state index in [9.17, 15) is 0 Å². The highest BCUT2D eigenvalue weighted by Gasteiger charge is 2.13. The second-order valence-electron chi connectivity index (χ2n) is 8.20. The molecule has 33 heavy (non-hydrogen) atoms. The van der Waals surface area contributed by atoms with Gasteiger partial charge in [0.05, 0.1) is 11.0 Å². The number of hydrogen-bond acceptors (Lipinski definition) is 1. The van der Waals surface area contributed by atoms with E-state index in [0.29, 0.717) is 0 Å². The number of furan rings is 1. The Morgan fingerprint density at radius 3 is 2.27 bits per heavy atom. The summed E-state index contributed by atoms with van der Waals surface area (Å²) in [6, 6.07) is 32.4. The summed E-state index contributed by atoms with van der Waals surface area (Å²) in [6.45, 7) is 5.86. The van der Waals surface area contributed by atoms with Crippen molar-refractivity contribution in [2.24, 2.45) is 0 Å². The largest absolute Gasteiger partial charge is 0.456 e. The average molecular weight is 426 g/mol. The number of benzene rings is 4. The Morgan fingerprint density at radius 1 is 0.727 bits per heavy atom. The SMILES string of the molecule is C=C/C=c1/oc2ccc(-c3ccc4c5ccccc5n(-c5ccccc5)c4c3)cc2/c1=C/C. The Morgan fingerprint density at radius 2 is 1.45 bits per heavy atom. The number of fused-ring (bicyclic) bond motifs is 4. The minimum atomic E-state index is 0.847. The van der Waals surface area contributed by atoms with Crippen LogP contribution in [0.15, 0.2) is 108 Å². The van der Waals surface area contributed by atoms with Crippen molar-refractivity contribution < 1.29 is 4.42 Å². The van der Waals surface area contributed by atoms with Gasteiger partial charge in [0.25, 0.3) is 0 Å². The van der Waals surface area contributed by atoms with E-state index in [1.54, 1.807) is 6.08 Å². The van der Waals surface area contributed by atoms with Crippen molar-refractivity contribution in [2.75, 3.05) is 0 Å². The predicted molar refractivity (Wildman–Crippen MR) is 140 cm³/mol. The third-order valence-corrected chi connectivity index (χ3v) is 6.33. The summed E-state index contributed by atoms with van der Waals surface area (Å²) in [6.07, 6.45) is 5.78. The number of aromatic nitrogens is 1. The van der Waals surface area contributed by atoms with E-state index in [2.05, 4.69) is 108 Å². The van der Waals surface area contributed by atoms with Crippen LogP contribution in [-0.2, 0) is 0 Å². The van der Waals surface area contributed by atoms with Crippen LogP contribution < -0.4 is 10.6 Å². The summed E-state index contributed by atoms with van der Waals surface area (Å²) < 4.78 is 8.40. The molecule has 0 amide bonds. The maximum Gasteiger partial charge on any atom is 0.135 e. The molecule has 0 unspecified atom stereocenters. The quantitative estimate of drug-likeness (QED) is 0.300. The highest BCUT2D eigenvalue weighted by atomic mass is 16.3. The fourth-order valence-electron chi connectivity index (χ4n) is 4.85. The Labute approximate surface area is 192 Å². The fourth-order valence-corrected chi connectivity index (χ4v) is 4.85. The molecule has 0 fully saturated rings. The predicted octanol–water partition coefficient (Wildman–Crippen LogP) is 6.96. The van der Waals surface area contributed by atoms with Gasteiger partial charge in [-0.05, 0) is 60.5 Å². The molecule has 0 bridgehead atoms. The Kier molecular flexibility index (Phi) is 4.51. The minimum absolute atomic E-state index is 0.847. The Bertz CT molecular complexity index is 1780. The van der Waals surface area contributed by atoms with E-state index in [4.69, 9.17) is 4.42 Å². The van der Waals surface area contributed by atoms with Gasteiger partial charge in [-0.15, -0.1) is 0 Å². The first-order valence-electron chi connectivity index (χ1n) is 11.2. The molecule has 2 aromatic heterocycles. The standard InChI is InChI=1S/C31H23NO/c1-3-10-30-24(4-2)27-19-21(16-18-31(27)33-30)22-15-17-26-25-13-8-9-14-28(25)32(29(26)20-22)23-11-6-5-7-12-23/h3-20H,1H2,2H3/b24-4-,30-10+. The molecule has 0 atom stereocenters. The molecule has 0 radical (unpaired) electrons. The summed E-state index contributed by atoms with van der Waals surface area (Å²) >= 11 is 0. The number of allylic oxidation sites excluding steroid dienone is 1. The van der Waals surface area contributed by atoms with Gasteiger partial charge in [-0.25, -0.2) is 0 Å². The highest BCUT2D eigenvalue weighted by molar-refractivity contribution is 6.10. The first kappa shape index (κ1) is 19.4. The second-order valence-corrected chi connectivity index (χ2v) is 8.20. The molecular formula is C31H23NO. The monoisotopic (exact) mass is 425 g/mol. The van der Waals surface area contributed by atoms with E-state index in [-0.39, 0.29) is 0 Å². The van der Waals surface area contributed by atoms with Gasteiger partial charge in [-0.3, -0.25) is 0 Å². The third-order valence-electron chi connectivity index (χ3n) is 6.33. The van der Waals surface area contributed by atoms with E-state index in [1.807, 2.05) is 13.0 Å². The molecule has 2 heteroatoms. The van der Waals surface area contributed by atoms with Crippen LogP contribution >= 0.6 is 0 Å². The molecule has 4 aromatic carbocycles.